The van der Waals surface area contributed by atoms with Crippen molar-refractivity contribution < 1.29 is 14.3 Å². The first-order chi connectivity index (χ1) is 18.6. The lowest BCUT2D eigenvalue weighted by molar-refractivity contribution is -0.0703. The Morgan fingerprint density at radius 1 is 1.21 bits per heavy atom. The minimum atomic E-state index is -0.509. The van der Waals surface area contributed by atoms with Gasteiger partial charge in [0.25, 0.3) is 0 Å². The van der Waals surface area contributed by atoms with E-state index in [-0.39, 0.29) is 17.6 Å². The van der Waals surface area contributed by atoms with Crippen molar-refractivity contribution in [2.24, 2.45) is 23.2 Å². The van der Waals surface area contributed by atoms with Crippen molar-refractivity contribution in [2.45, 2.75) is 71.1 Å². The Hall–Kier alpha value is -3.25. The topological polar surface area (TPSA) is 121 Å². The molecule has 10 heteroatoms. The zero-order valence-corrected chi connectivity index (χ0v) is 23.8. The van der Waals surface area contributed by atoms with Gasteiger partial charge in [-0.3, -0.25) is 0 Å². The smallest absolute Gasteiger partial charge is 0.407 e. The number of hydrogen-bond donors (Lipinski definition) is 3. The summed E-state index contributed by atoms with van der Waals surface area (Å²) < 4.78 is 10.8. The molecule has 39 heavy (non-hydrogen) atoms. The number of carbonyl (C=O) groups is 1. The molecular formula is C29H37ClN6O3. The highest BCUT2D eigenvalue weighted by Gasteiger charge is 2.55. The predicted octanol–water partition coefficient (Wildman–Crippen LogP) is 5.75. The van der Waals surface area contributed by atoms with Gasteiger partial charge in [0.15, 0.2) is 0 Å². The molecule has 208 valence electrons. The number of amides is 1. The lowest BCUT2D eigenvalue weighted by atomic mass is 9.48. The van der Waals surface area contributed by atoms with Gasteiger partial charge in [-0.25, -0.2) is 9.78 Å². The maximum atomic E-state index is 12.5. The molecule has 1 aromatic heterocycles. The van der Waals surface area contributed by atoms with Crippen molar-refractivity contribution in [3.8, 4) is 11.8 Å². The fraction of sp³-hybridized carbons (Fsp3) is 0.586. The van der Waals surface area contributed by atoms with Crippen LogP contribution < -0.4 is 20.7 Å². The highest BCUT2D eigenvalue weighted by atomic mass is 35.5. The number of nitrogens with one attached hydrogen (secondary N) is 3. The summed E-state index contributed by atoms with van der Waals surface area (Å²) in [7, 11) is 1.61. The molecule has 4 fully saturated rings. The molecule has 6 rings (SSSR count). The fourth-order valence-electron chi connectivity index (χ4n) is 7.03. The number of alkyl carbamates (subject to hydrolysis) is 1. The minimum absolute atomic E-state index is 0.127. The van der Waals surface area contributed by atoms with E-state index in [0.29, 0.717) is 46.7 Å². The van der Waals surface area contributed by atoms with Gasteiger partial charge >= 0.3 is 6.09 Å². The van der Waals surface area contributed by atoms with Crippen LogP contribution in [0.2, 0.25) is 5.02 Å². The van der Waals surface area contributed by atoms with E-state index in [2.05, 4.69) is 32.0 Å². The largest absolute Gasteiger partial charge is 0.497 e. The molecule has 9 nitrogen and oxygen atoms in total. The van der Waals surface area contributed by atoms with Crippen LogP contribution in [0.15, 0.2) is 24.4 Å². The highest BCUT2D eigenvalue weighted by molar-refractivity contribution is 6.31. The van der Waals surface area contributed by atoms with E-state index >= 15 is 0 Å². The Bertz CT molecular complexity index is 1260. The van der Waals surface area contributed by atoms with Crippen molar-refractivity contribution >= 4 is 29.5 Å². The van der Waals surface area contributed by atoms with Crippen LogP contribution in [0.5, 0.6) is 5.75 Å². The van der Waals surface area contributed by atoms with Gasteiger partial charge in [-0.2, -0.15) is 10.2 Å². The molecule has 4 aliphatic carbocycles. The molecule has 1 aromatic carbocycles. The Labute approximate surface area is 235 Å². The number of methoxy groups -OCH3 is 1. The van der Waals surface area contributed by atoms with E-state index in [1.54, 1.807) is 19.4 Å². The first-order valence-corrected chi connectivity index (χ1v) is 14.0. The predicted molar refractivity (Wildman–Crippen MR) is 150 cm³/mol. The lowest BCUT2D eigenvalue weighted by Crippen LogP contribution is -2.60. The van der Waals surface area contributed by atoms with Crippen LogP contribution in [0.4, 0.5) is 16.6 Å². The molecule has 2 aromatic rings. The second kappa shape index (κ2) is 10.7. The lowest BCUT2D eigenvalue weighted by Gasteiger charge is -2.60. The number of nitrogens with zero attached hydrogens (tertiary/aromatic N) is 3. The Morgan fingerprint density at radius 2 is 1.95 bits per heavy atom. The molecule has 3 N–H and O–H groups in total. The first-order valence-electron chi connectivity index (χ1n) is 13.6. The molecule has 0 saturated heterocycles. The standard InChI is InChI=1S/C29H37ClN6O3/c1-28(2,3)39-27(37)35-24-18-7-17-8-19(24)12-29(10-17,11-18)16-34-25-21(13-31)15-33-26(36-25)32-14-20-9-22(38-4)5-6-23(20)30/h5-6,9,15,17-19,24H,7-8,10-12,14,16H2,1-4H3,(H,35,37)(H2,32,33,34,36)/t17?,18-,19+,24-,29-. The average molecular weight is 553 g/mol. The maximum absolute atomic E-state index is 12.5. The van der Waals surface area contributed by atoms with Crippen LogP contribution in [0.25, 0.3) is 0 Å². The fourth-order valence-corrected chi connectivity index (χ4v) is 7.22. The molecule has 0 radical (unpaired) electrons. The molecule has 0 spiro atoms. The van der Waals surface area contributed by atoms with Crippen molar-refractivity contribution in [3.05, 3.63) is 40.5 Å². The van der Waals surface area contributed by atoms with Crippen molar-refractivity contribution in [3.63, 3.8) is 0 Å². The second-order valence-corrected chi connectivity index (χ2v) is 12.8. The summed E-state index contributed by atoms with van der Waals surface area (Å²) in [4.78, 5) is 21.5. The summed E-state index contributed by atoms with van der Waals surface area (Å²) in [6.07, 6.45) is 6.78. The van der Waals surface area contributed by atoms with E-state index in [0.717, 1.165) is 43.5 Å². The van der Waals surface area contributed by atoms with Crippen LogP contribution in [0.3, 0.4) is 0 Å². The normalized spacial score (nSPS) is 27.0. The summed E-state index contributed by atoms with van der Waals surface area (Å²) in [5.74, 6) is 3.23. The molecule has 4 saturated carbocycles. The minimum Gasteiger partial charge on any atom is -0.497 e. The van der Waals surface area contributed by atoms with E-state index in [1.807, 2.05) is 32.9 Å². The number of ether oxygens (including phenoxy) is 2. The summed E-state index contributed by atoms with van der Waals surface area (Å²) in [6, 6.07) is 7.85. The molecule has 0 aliphatic heterocycles. The molecular weight excluding hydrogens is 516 g/mol. The van der Waals surface area contributed by atoms with Gasteiger partial charge in [0.2, 0.25) is 5.95 Å². The van der Waals surface area contributed by atoms with Crippen LogP contribution >= 0.6 is 11.6 Å². The quantitative estimate of drug-likeness (QED) is 0.378. The van der Waals surface area contributed by atoms with E-state index in [1.165, 1.54) is 6.42 Å². The summed E-state index contributed by atoms with van der Waals surface area (Å²) >= 11 is 6.34. The third kappa shape index (κ3) is 6.17. The van der Waals surface area contributed by atoms with E-state index in [9.17, 15) is 10.1 Å². The monoisotopic (exact) mass is 552 g/mol. The average Bonchev–Trinajstić information content (AvgIpc) is 2.88. The molecule has 4 bridgehead atoms. The number of aromatic nitrogens is 2. The number of halogens is 1. The SMILES string of the molecule is COc1ccc(Cl)c(CNc2ncc(C#N)c(NC[C@]34CC5C[C@H](C3)[C@@H](NC(=O)OC(C)(C)C)[C@@H](C5)C4)n2)c1. The van der Waals surface area contributed by atoms with Crippen LogP contribution in [0.1, 0.15) is 64.0 Å². The number of hydrogen-bond acceptors (Lipinski definition) is 8. The van der Waals surface area contributed by atoms with Gasteiger partial charge in [-0.15, -0.1) is 0 Å². The van der Waals surface area contributed by atoms with Gasteiger partial charge in [-0.1, -0.05) is 11.6 Å². The highest BCUT2D eigenvalue weighted by Crippen LogP contribution is 2.60. The zero-order chi connectivity index (χ0) is 27.8. The number of benzene rings is 1. The zero-order valence-electron chi connectivity index (χ0n) is 23.0. The summed E-state index contributed by atoms with van der Waals surface area (Å²) in [5.41, 5.74) is 0.892. The molecule has 1 heterocycles. The molecule has 1 unspecified atom stereocenters. The van der Waals surface area contributed by atoms with Crippen LogP contribution in [-0.2, 0) is 11.3 Å². The van der Waals surface area contributed by atoms with Gasteiger partial charge < -0.3 is 25.4 Å². The van der Waals surface area contributed by atoms with Crippen molar-refractivity contribution in [2.75, 3.05) is 24.3 Å². The van der Waals surface area contributed by atoms with E-state index < -0.39 is 5.60 Å². The van der Waals surface area contributed by atoms with E-state index in [4.69, 9.17) is 21.1 Å². The summed E-state index contributed by atoms with van der Waals surface area (Å²) in [5, 5.41) is 20.2. The third-order valence-corrected chi connectivity index (χ3v) is 8.68. The molecule has 4 aliphatic rings. The summed E-state index contributed by atoms with van der Waals surface area (Å²) in [6.45, 7) is 6.83. The second-order valence-electron chi connectivity index (χ2n) is 12.4. The van der Waals surface area contributed by atoms with Crippen LogP contribution in [0, 0.1) is 34.5 Å². The van der Waals surface area contributed by atoms with Gasteiger partial charge in [-0.05, 0) is 99.8 Å². The number of anilines is 2. The van der Waals surface area contributed by atoms with Gasteiger partial charge in [0.1, 0.15) is 28.8 Å². The van der Waals surface area contributed by atoms with Gasteiger partial charge in [0, 0.05) is 24.2 Å². The Balaban J connectivity index is 1.24. The number of nitriles is 1. The first kappa shape index (κ1) is 27.3. The maximum Gasteiger partial charge on any atom is 0.407 e. The Kier molecular flexibility index (Phi) is 7.51. The van der Waals surface area contributed by atoms with Gasteiger partial charge in [0.05, 0.1) is 13.3 Å². The van der Waals surface area contributed by atoms with Crippen molar-refractivity contribution in [1.82, 2.24) is 15.3 Å². The molecule has 1 amide bonds. The molecule has 5 atom stereocenters. The Morgan fingerprint density at radius 3 is 2.62 bits per heavy atom. The number of carbonyl (C=O) groups excluding carboxylic acids is 1. The number of rotatable bonds is 8. The van der Waals surface area contributed by atoms with Crippen LogP contribution in [-0.4, -0.2) is 41.4 Å². The third-order valence-electron chi connectivity index (χ3n) is 8.31. The van der Waals surface area contributed by atoms with Crippen molar-refractivity contribution in [1.29, 1.82) is 5.26 Å².